The van der Waals surface area contributed by atoms with Crippen LogP contribution in [0.1, 0.15) is 84.0 Å². The third-order valence-electron chi connectivity index (χ3n) is 6.02. The molecule has 0 N–H and O–H groups in total. The van der Waals surface area contributed by atoms with Crippen molar-refractivity contribution in [1.29, 1.82) is 0 Å². The van der Waals surface area contributed by atoms with Crippen LogP contribution in [-0.2, 0) is 0 Å². The average Bonchev–Trinajstić information content (AvgIpc) is 2.54. The second kappa shape index (κ2) is 9.49. The standard InChI is InChI=1S/C21H36/c1-3-5-7-9-19-12-16-21(17-13-19)20-14-10-18(11-15-20)8-6-4-2/h4,7,9,18-21H,2-3,5-6,8,10-17H2,1H3. The van der Waals surface area contributed by atoms with Crippen molar-refractivity contribution < 1.29 is 0 Å². The van der Waals surface area contributed by atoms with Crippen LogP contribution in [0.4, 0.5) is 0 Å². The minimum atomic E-state index is 0.900. The molecule has 0 unspecified atom stereocenters. The fourth-order valence-corrected chi connectivity index (χ4v) is 4.57. The molecule has 0 amide bonds. The molecule has 21 heavy (non-hydrogen) atoms. The van der Waals surface area contributed by atoms with Gasteiger partial charge in [0.05, 0.1) is 0 Å². The van der Waals surface area contributed by atoms with Crippen molar-refractivity contribution >= 4 is 0 Å². The second-order valence-electron chi connectivity index (χ2n) is 7.54. The van der Waals surface area contributed by atoms with Crippen molar-refractivity contribution in [2.24, 2.45) is 23.7 Å². The molecule has 2 fully saturated rings. The van der Waals surface area contributed by atoms with Gasteiger partial charge in [0.15, 0.2) is 0 Å². The van der Waals surface area contributed by atoms with Gasteiger partial charge in [-0.25, -0.2) is 0 Å². The Morgan fingerprint density at radius 2 is 1.48 bits per heavy atom. The van der Waals surface area contributed by atoms with E-state index in [4.69, 9.17) is 0 Å². The van der Waals surface area contributed by atoms with E-state index in [0.29, 0.717) is 0 Å². The van der Waals surface area contributed by atoms with Gasteiger partial charge < -0.3 is 0 Å². The number of hydrogen-bond donors (Lipinski definition) is 0. The lowest BCUT2D eigenvalue weighted by molar-refractivity contribution is 0.153. The van der Waals surface area contributed by atoms with E-state index >= 15 is 0 Å². The SMILES string of the molecule is C=CCCC1CCC(C2CCC(C=CCCC)CC2)CC1. The van der Waals surface area contributed by atoms with Crippen molar-refractivity contribution in [1.82, 2.24) is 0 Å². The summed E-state index contributed by atoms with van der Waals surface area (Å²) in [6, 6.07) is 0. The van der Waals surface area contributed by atoms with E-state index in [1.807, 2.05) is 0 Å². The molecule has 2 aliphatic carbocycles. The van der Waals surface area contributed by atoms with Gasteiger partial charge in [0, 0.05) is 0 Å². The van der Waals surface area contributed by atoms with Crippen molar-refractivity contribution in [3.8, 4) is 0 Å². The molecule has 120 valence electrons. The highest BCUT2D eigenvalue weighted by Crippen LogP contribution is 2.42. The summed E-state index contributed by atoms with van der Waals surface area (Å²) < 4.78 is 0. The molecule has 0 nitrogen and oxygen atoms in total. The van der Waals surface area contributed by atoms with E-state index in [1.165, 1.54) is 77.0 Å². The van der Waals surface area contributed by atoms with E-state index < -0.39 is 0 Å². The highest BCUT2D eigenvalue weighted by atomic mass is 14.3. The van der Waals surface area contributed by atoms with Gasteiger partial charge in [0.2, 0.25) is 0 Å². The Labute approximate surface area is 133 Å². The first-order valence-electron chi connectivity index (χ1n) is 9.61. The number of rotatable bonds is 7. The molecule has 0 heterocycles. The van der Waals surface area contributed by atoms with Gasteiger partial charge in [-0.05, 0) is 81.5 Å². The minimum Gasteiger partial charge on any atom is -0.103 e. The first-order valence-corrected chi connectivity index (χ1v) is 9.61. The highest BCUT2D eigenvalue weighted by molar-refractivity contribution is 4.92. The van der Waals surface area contributed by atoms with Crippen LogP contribution in [0.5, 0.6) is 0 Å². The zero-order valence-corrected chi connectivity index (χ0v) is 14.2. The van der Waals surface area contributed by atoms with Crippen molar-refractivity contribution in [3.05, 3.63) is 24.8 Å². The van der Waals surface area contributed by atoms with Crippen molar-refractivity contribution in [3.63, 3.8) is 0 Å². The van der Waals surface area contributed by atoms with Crippen LogP contribution >= 0.6 is 0 Å². The van der Waals surface area contributed by atoms with Gasteiger partial charge in [0.1, 0.15) is 0 Å². The third kappa shape index (κ3) is 5.64. The lowest BCUT2D eigenvalue weighted by Crippen LogP contribution is -2.25. The summed E-state index contributed by atoms with van der Waals surface area (Å²) in [6.45, 7) is 6.13. The van der Waals surface area contributed by atoms with E-state index in [0.717, 1.165) is 23.7 Å². The largest absolute Gasteiger partial charge is 0.103 e. The molecule has 0 bridgehead atoms. The van der Waals surface area contributed by atoms with Gasteiger partial charge in [-0.15, -0.1) is 6.58 Å². The fourth-order valence-electron chi connectivity index (χ4n) is 4.57. The van der Waals surface area contributed by atoms with Crippen LogP contribution in [0.3, 0.4) is 0 Å². The third-order valence-corrected chi connectivity index (χ3v) is 6.02. The topological polar surface area (TPSA) is 0 Å². The van der Waals surface area contributed by atoms with Crippen LogP contribution in [0.25, 0.3) is 0 Å². The Morgan fingerprint density at radius 1 is 0.857 bits per heavy atom. The maximum atomic E-state index is 3.86. The van der Waals surface area contributed by atoms with E-state index in [2.05, 4.69) is 31.7 Å². The average molecular weight is 289 g/mol. The molecule has 0 aromatic heterocycles. The Kier molecular flexibility index (Phi) is 7.61. The summed E-state index contributed by atoms with van der Waals surface area (Å²) in [6.07, 6.45) is 24.2. The van der Waals surface area contributed by atoms with Crippen LogP contribution in [0, 0.1) is 23.7 Å². The number of unbranched alkanes of at least 4 members (excludes halogenated alkanes) is 1. The van der Waals surface area contributed by atoms with Gasteiger partial charge in [-0.3, -0.25) is 0 Å². The molecular weight excluding hydrogens is 252 g/mol. The molecule has 0 aliphatic heterocycles. The van der Waals surface area contributed by atoms with Crippen molar-refractivity contribution in [2.75, 3.05) is 0 Å². The Morgan fingerprint density at radius 3 is 2.05 bits per heavy atom. The summed E-state index contributed by atoms with van der Waals surface area (Å²) >= 11 is 0. The summed E-state index contributed by atoms with van der Waals surface area (Å²) in [7, 11) is 0. The summed E-state index contributed by atoms with van der Waals surface area (Å²) in [5.74, 6) is 4.02. The molecule has 0 radical (unpaired) electrons. The minimum absolute atomic E-state index is 0.900. The van der Waals surface area contributed by atoms with E-state index in [1.54, 1.807) is 0 Å². The molecule has 2 rings (SSSR count). The maximum Gasteiger partial charge on any atom is -0.0233 e. The predicted molar refractivity (Wildman–Crippen MR) is 94.4 cm³/mol. The quantitative estimate of drug-likeness (QED) is 0.446. The van der Waals surface area contributed by atoms with Crippen LogP contribution in [-0.4, -0.2) is 0 Å². The van der Waals surface area contributed by atoms with Gasteiger partial charge in [-0.1, -0.05) is 44.4 Å². The molecule has 2 saturated carbocycles. The second-order valence-corrected chi connectivity index (χ2v) is 7.54. The maximum absolute atomic E-state index is 3.86. The first-order chi connectivity index (χ1) is 10.3. The van der Waals surface area contributed by atoms with E-state index in [9.17, 15) is 0 Å². The summed E-state index contributed by atoms with van der Waals surface area (Å²) in [5, 5.41) is 0. The summed E-state index contributed by atoms with van der Waals surface area (Å²) in [4.78, 5) is 0. The molecule has 0 heteroatoms. The number of allylic oxidation sites excluding steroid dienone is 3. The molecule has 0 aromatic carbocycles. The molecule has 0 atom stereocenters. The molecular formula is C21H36. The normalized spacial score (nSPS) is 34.1. The van der Waals surface area contributed by atoms with Crippen LogP contribution in [0.2, 0.25) is 0 Å². The van der Waals surface area contributed by atoms with Crippen LogP contribution in [0.15, 0.2) is 24.8 Å². The lowest BCUT2D eigenvalue weighted by atomic mass is 9.68. The molecule has 2 aliphatic rings. The zero-order chi connectivity index (χ0) is 14.9. The predicted octanol–water partition coefficient (Wildman–Crippen LogP) is 6.92. The highest BCUT2D eigenvalue weighted by Gasteiger charge is 2.29. The number of hydrogen-bond acceptors (Lipinski definition) is 0. The molecule has 0 saturated heterocycles. The summed E-state index contributed by atoms with van der Waals surface area (Å²) in [5.41, 5.74) is 0. The monoisotopic (exact) mass is 288 g/mol. The molecule has 0 aromatic rings. The first kappa shape index (κ1) is 16.8. The van der Waals surface area contributed by atoms with Crippen molar-refractivity contribution in [2.45, 2.75) is 84.0 Å². The van der Waals surface area contributed by atoms with Gasteiger partial charge in [0.25, 0.3) is 0 Å². The van der Waals surface area contributed by atoms with Crippen LogP contribution < -0.4 is 0 Å². The smallest absolute Gasteiger partial charge is 0.0233 e. The van der Waals surface area contributed by atoms with E-state index in [-0.39, 0.29) is 0 Å². The van der Waals surface area contributed by atoms with Gasteiger partial charge in [-0.2, -0.15) is 0 Å². The lowest BCUT2D eigenvalue weighted by Gasteiger charge is -2.37. The Bertz CT molecular complexity index is 298. The zero-order valence-electron chi connectivity index (χ0n) is 14.2. The van der Waals surface area contributed by atoms with Gasteiger partial charge >= 0.3 is 0 Å². The Balaban J connectivity index is 1.65. The molecule has 0 spiro atoms. The fraction of sp³-hybridized carbons (Fsp3) is 0.810. The Hall–Kier alpha value is -0.520.